The molecule has 1 aliphatic heterocycles. The van der Waals surface area contributed by atoms with Gasteiger partial charge in [-0.05, 0) is 12.8 Å². The fourth-order valence-electron chi connectivity index (χ4n) is 1.86. The van der Waals surface area contributed by atoms with Crippen LogP contribution < -0.4 is 5.32 Å². The molecular formula is C11H22N2O2. The lowest BCUT2D eigenvalue weighted by Gasteiger charge is -2.20. The van der Waals surface area contributed by atoms with Crippen LogP contribution in [0.5, 0.6) is 0 Å². The third kappa shape index (κ3) is 3.47. The van der Waals surface area contributed by atoms with E-state index in [2.05, 4.69) is 5.32 Å². The largest absolute Gasteiger partial charge is 0.391 e. The van der Waals surface area contributed by atoms with E-state index in [0.29, 0.717) is 19.0 Å². The van der Waals surface area contributed by atoms with Gasteiger partial charge in [0.25, 0.3) is 0 Å². The van der Waals surface area contributed by atoms with E-state index in [1.54, 1.807) is 4.90 Å². The Kier molecular flexibility index (Phi) is 4.54. The molecule has 4 heteroatoms. The molecule has 1 saturated heterocycles. The monoisotopic (exact) mass is 214 g/mol. The van der Waals surface area contributed by atoms with Gasteiger partial charge in [-0.3, -0.25) is 4.79 Å². The topological polar surface area (TPSA) is 52.6 Å². The zero-order chi connectivity index (χ0) is 11.4. The zero-order valence-corrected chi connectivity index (χ0v) is 9.86. The van der Waals surface area contributed by atoms with Crippen LogP contribution in [0.4, 0.5) is 0 Å². The van der Waals surface area contributed by atoms with E-state index in [-0.39, 0.29) is 18.1 Å². The highest BCUT2D eigenvalue weighted by molar-refractivity contribution is 5.84. The molecule has 1 heterocycles. The second-order valence-electron chi connectivity index (χ2n) is 4.51. The van der Waals surface area contributed by atoms with Gasteiger partial charge >= 0.3 is 0 Å². The maximum atomic E-state index is 11.8. The van der Waals surface area contributed by atoms with Gasteiger partial charge in [0, 0.05) is 19.1 Å². The molecule has 0 saturated carbocycles. The number of rotatable bonds is 5. The quantitative estimate of drug-likeness (QED) is 0.694. The highest BCUT2D eigenvalue weighted by atomic mass is 16.3. The van der Waals surface area contributed by atoms with Crippen LogP contribution in [-0.2, 0) is 4.79 Å². The minimum atomic E-state index is -0.383. The van der Waals surface area contributed by atoms with Crippen LogP contribution in [0, 0.1) is 0 Å². The Morgan fingerprint density at radius 3 is 2.80 bits per heavy atom. The van der Waals surface area contributed by atoms with Crippen LogP contribution in [0.25, 0.3) is 0 Å². The smallest absolute Gasteiger partial charge is 0.239 e. The summed E-state index contributed by atoms with van der Waals surface area (Å²) < 4.78 is 0. The molecule has 15 heavy (non-hydrogen) atoms. The summed E-state index contributed by atoms with van der Waals surface area (Å²) in [7, 11) is 0. The molecule has 88 valence electrons. The molecule has 0 aromatic rings. The number of carbonyl (C=O) groups excluding carboxylic acids is 1. The molecule has 1 aliphatic rings. The summed E-state index contributed by atoms with van der Waals surface area (Å²) >= 11 is 0. The Labute approximate surface area is 91.6 Å². The summed E-state index contributed by atoms with van der Waals surface area (Å²) in [6.45, 7) is 7.24. The van der Waals surface area contributed by atoms with Crippen molar-refractivity contribution in [1.82, 2.24) is 10.2 Å². The fourth-order valence-corrected chi connectivity index (χ4v) is 1.86. The second kappa shape index (κ2) is 5.47. The molecule has 0 radical (unpaired) electrons. The molecule has 2 unspecified atom stereocenters. The van der Waals surface area contributed by atoms with Gasteiger partial charge in [0.15, 0.2) is 0 Å². The van der Waals surface area contributed by atoms with Crippen molar-refractivity contribution in [1.29, 1.82) is 0 Å². The normalized spacial score (nSPS) is 23.9. The maximum Gasteiger partial charge on any atom is 0.239 e. The van der Waals surface area contributed by atoms with Crippen LogP contribution in [0.3, 0.4) is 0 Å². The molecule has 0 aromatic carbocycles. The lowest BCUT2D eigenvalue weighted by atomic mass is 10.2. The summed E-state index contributed by atoms with van der Waals surface area (Å²) in [5, 5.41) is 12.7. The number of amides is 1. The molecule has 0 bridgehead atoms. The number of aliphatic hydroxyl groups excluding tert-OH is 1. The molecule has 0 aliphatic carbocycles. The van der Waals surface area contributed by atoms with Crippen molar-refractivity contribution >= 4 is 5.91 Å². The van der Waals surface area contributed by atoms with Crippen molar-refractivity contribution in [3.8, 4) is 0 Å². The molecule has 1 amide bonds. The minimum absolute atomic E-state index is 0.0472. The third-order valence-electron chi connectivity index (χ3n) is 2.73. The lowest BCUT2D eigenvalue weighted by Crippen LogP contribution is -2.43. The van der Waals surface area contributed by atoms with Gasteiger partial charge in [0.1, 0.15) is 0 Å². The van der Waals surface area contributed by atoms with E-state index in [9.17, 15) is 9.90 Å². The van der Waals surface area contributed by atoms with Crippen molar-refractivity contribution in [3.05, 3.63) is 0 Å². The predicted octanol–water partition coefficient (Wildman–Crippen LogP) is 0.356. The molecule has 2 atom stereocenters. The van der Waals surface area contributed by atoms with Gasteiger partial charge in [-0.25, -0.2) is 0 Å². The zero-order valence-electron chi connectivity index (χ0n) is 9.86. The third-order valence-corrected chi connectivity index (χ3v) is 2.73. The summed E-state index contributed by atoms with van der Waals surface area (Å²) in [5.74, 6) is 0.135. The standard InChI is InChI=1S/C11H22N2O2/c1-4-9(14)7-13-6-5-10(11(13)15)12-8(2)3/h8-10,12,14H,4-7H2,1-3H3. The van der Waals surface area contributed by atoms with Crippen molar-refractivity contribution in [2.45, 2.75) is 51.8 Å². The van der Waals surface area contributed by atoms with Gasteiger partial charge in [0.05, 0.1) is 12.1 Å². The predicted molar refractivity (Wildman–Crippen MR) is 59.6 cm³/mol. The van der Waals surface area contributed by atoms with E-state index >= 15 is 0 Å². The number of β-amino-alcohol motifs (C(OH)–C–C–N with tert-alkyl or cyclic N) is 1. The van der Waals surface area contributed by atoms with Crippen molar-refractivity contribution in [3.63, 3.8) is 0 Å². The second-order valence-corrected chi connectivity index (χ2v) is 4.51. The average molecular weight is 214 g/mol. The maximum absolute atomic E-state index is 11.8. The van der Waals surface area contributed by atoms with Gasteiger partial charge < -0.3 is 15.3 Å². The van der Waals surface area contributed by atoms with Crippen molar-refractivity contribution in [2.75, 3.05) is 13.1 Å². The Morgan fingerprint density at radius 1 is 1.60 bits per heavy atom. The SMILES string of the molecule is CCC(O)CN1CCC(NC(C)C)C1=O. The molecule has 0 spiro atoms. The molecule has 1 rings (SSSR count). The van der Waals surface area contributed by atoms with Gasteiger partial charge in [0.2, 0.25) is 5.91 Å². The summed E-state index contributed by atoms with van der Waals surface area (Å²) in [6.07, 6.45) is 1.17. The first-order chi connectivity index (χ1) is 7.04. The highest BCUT2D eigenvalue weighted by Gasteiger charge is 2.32. The summed E-state index contributed by atoms with van der Waals surface area (Å²) in [4.78, 5) is 13.6. The number of aliphatic hydroxyl groups is 1. The van der Waals surface area contributed by atoms with Crippen molar-refractivity contribution < 1.29 is 9.90 Å². The first-order valence-electron chi connectivity index (χ1n) is 5.77. The Morgan fingerprint density at radius 2 is 2.27 bits per heavy atom. The van der Waals surface area contributed by atoms with E-state index in [1.807, 2.05) is 20.8 Å². The Balaban J connectivity index is 2.42. The minimum Gasteiger partial charge on any atom is -0.391 e. The summed E-state index contributed by atoms with van der Waals surface area (Å²) in [6, 6.07) is 0.282. The van der Waals surface area contributed by atoms with Crippen molar-refractivity contribution in [2.24, 2.45) is 0 Å². The number of hydrogen-bond donors (Lipinski definition) is 2. The average Bonchev–Trinajstić information content (AvgIpc) is 2.49. The van der Waals surface area contributed by atoms with Gasteiger partial charge in [-0.15, -0.1) is 0 Å². The van der Waals surface area contributed by atoms with E-state index < -0.39 is 0 Å². The Bertz CT molecular complexity index is 219. The molecule has 0 aromatic heterocycles. The van der Waals surface area contributed by atoms with E-state index in [1.165, 1.54) is 0 Å². The number of nitrogens with one attached hydrogen (secondary N) is 1. The molecule has 1 fully saturated rings. The van der Waals surface area contributed by atoms with Crippen LogP contribution >= 0.6 is 0 Å². The number of hydrogen-bond acceptors (Lipinski definition) is 3. The van der Waals surface area contributed by atoms with Crippen LogP contribution in [0.2, 0.25) is 0 Å². The van der Waals surface area contributed by atoms with E-state index in [4.69, 9.17) is 0 Å². The van der Waals surface area contributed by atoms with Crippen LogP contribution in [-0.4, -0.2) is 47.2 Å². The van der Waals surface area contributed by atoms with Crippen LogP contribution in [0.1, 0.15) is 33.6 Å². The molecular weight excluding hydrogens is 192 g/mol. The first kappa shape index (κ1) is 12.5. The number of likely N-dealkylation sites (tertiary alicyclic amines) is 1. The molecule has 4 nitrogen and oxygen atoms in total. The highest BCUT2D eigenvalue weighted by Crippen LogP contribution is 2.12. The molecule has 2 N–H and O–H groups in total. The lowest BCUT2D eigenvalue weighted by molar-refractivity contribution is -0.130. The Hall–Kier alpha value is -0.610. The summed E-state index contributed by atoms with van der Waals surface area (Å²) in [5.41, 5.74) is 0. The first-order valence-corrected chi connectivity index (χ1v) is 5.77. The number of carbonyl (C=O) groups is 1. The van der Waals surface area contributed by atoms with Gasteiger partial charge in [-0.1, -0.05) is 20.8 Å². The van der Waals surface area contributed by atoms with E-state index in [0.717, 1.165) is 13.0 Å². The fraction of sp³-hybridized carbons (Fsp3) is 0.909. The van der Waals surface area contributed by atoms with Gasteiger partial charge in [-0.2, -0.15) is 0 Å². The van der Waals surface area contributed by atoms with Crippen LogP contribution in [0.15, 0.2) is 0 Å². The number of nitrogens with zero attached hydrogens (tertiary/aromatic N) is 1.